The molecule has 0 fully saturated rings. The van der Waals surface area contributed by atoms with Gasteiger partial charge in [-0.05, 0) is 17.7 Å². The van der Waals surface area contributed by atoms with Crippen molar-refractivity contribution in [3.63, 3.8) is 0 Å². The number of aromatic nitrogens is 2. The molecule has 0 unspecified atom stereocenters. The second-order valence-corrected chi connectivity index (χ2v) is 7.67. The van der Waals surface area contributed by atoms with Gasteiger partial charge in [-0.15, -0.1) is 0 Å². The maximum absolute atomic E-state index is 11.9. The van der Waals surface area contributed by atoms with Crippen LogP contribution in [0.4, 0.5) is 0 Å². The molecule has 0 amide bonds. The Morgan fingerprint density at radius 2 is 1.81 bits per heavy atom. The number of rotatable bonds is 5. The summed E-state index contributed by atoms with van der Waals surface area (Å²) in [5, 5.41) is 4.90. The Morgan fingerprint density at radius 1 is 1.19 bits per heavy atom. The number of imidazole rings is 1. The fourth-order valence-electron chi connectivity index (χ4n) is 1.58. The van der Waals surface area contributed by atoms with Crippen molar-refractivity contribution in [3.05, 3.63) is 42.4 Å². The zero-order valence-corrected chi connectivity index (χ0v) is 12.7. The Labute approximate surface area is 122 Å². The standard InChI is InChI=1S/C11H14N4O4S2/c1-15-7-11(13-8-15)21(18,19)14-6-9-2-4-10(5-3-9)20(12,16)17/h2-5,7-8,14H,6H2,1H3,(H2,12,16,17). The molecule has 0 atom stereocenters. The summed E-state index contributed by atoms with van der Waals surface area (Å²) in [4.78, 5) is 3.73. The summed E-state index contributed by atoms with van der Waals surface area (Å²) in [5.41, 5.74) is 0.599. The van der Waals surface area contributed by atoms with E-state index in [1.807, 2.05) is 0 Å². The number of primary sulfonamides is 1. The average molecular weight is 330 g/mol. The first-order valence-corrected chi connectivity index (χ1v) is 8.81. The molecule has 2 aromatic rings. The van der Waals surface area contributed by atoms with Crippen molar-refractivity contribution >= 4 is 20.0 Å². The lowest BCUT2D eigenvalue weighted by molar-refractivity contribution is 0.577. The summed E-state index contributed by atoms with van der Waals surface area (Å²) in [5.74, 6) is 0. The quantitative estimate of drug-likeness (QED) is 0.768. The van der Waals surface area contributed by atoms with Crippen LogP contribution >= 0.6 is 0 Å². The van der Waals surface area contributed by atoms with Gasteiger partial charge in [0.1, 0.15) is 0 Å². The minimum Gasteiger partial charge on any atom is -0.339 e. The molecule has 21 heavy (non-hydrogen) atoms. The Morgan fingerprint density at radius 3 is 2.29 bits per heavy atom. The first-order valence-electron chi connectivity index (χ1n) is 5.78. The highest BCUT2D eigenvalue weighted by atomic mass is 32.2. The smallest absolute Gasteiger partial charge is 0.259 e. The maximum Gasteiger partial charge on any atom is 0.259 e. The van der Waals surface area contributed by atoms with E-state index >= 15 is 0 Å². The zero-order valence-electron chi connectivity index (χ0n) is 11.1. The molecule has 3 N–H and O–H groups in total. The normalized spacial score (nSPS) is 12.5. The van der Waals surface area contributed by atoms with E-state index in [1.165, 1.54) is 41.4 Å². The molecule has 0 bridgehead atoms. The van der Waals surface area contributed by atoms with Gasteiger partial charge in [-0.25, -0.2) is 31.7 Å². The molecule has 1 heterocycles. The number of nitrogens with one attached hydrogen (secondary N) is 1. The molecule has 0 aliphatic rings. The minimum atomic E-state index is -3.75. The predicted molar refractivity (Wildman–Crippen MR) is 75.0 cm³/mol. The molecule has 1 aromatic heterocycles. The summed E-state index contributed by atoms with van der Waals surface area (Å²) in [6.45, 7) is 0.0177. The molecule has 8 nitrogen and oxygen atoms in total. The van der Waals surface area contributed by atoms with Gasteiger partial charge in [0, 0.05) is 19.8 Å². The van der Waals surface area contributed by atoms with Crippen LogP contribution < -0.4 is 9.86 Å². The van der Waals surface area contributed by atoms with Gasteiger partial charge in [-0.2, -0.15) is 0 Å². The van der Waals surface area contributed by atoms with E-state index in [2.05, 4.69) is 9.71 Å². The predicted octanol–water partition coefficient (Wildman–Crippen LogP) is -0.454. The third kappa shape index (κ3) is 3.88. The molecule has 114 valence electrons. The van der Waals surface area contributed by atoms with Crippen LogP contribution in [0.3, 0.4) is 0 Å². The van der Waals surface area contributed by atoms with E-state index in [-0.39, 0.29) is 16.5 Å². The number of hydrogen-bond acceptors (Lipinski definition) is 5. The van der Waals surface area contributed by atoms with E-state index in [0.717, 1.165) is 0 Å². The molecular formula is C11H14N4O4S2. The van der Waals surface area contributed by atoms with Crippen LogP contribution in [-0.2, 0) is 33.6 Å². The fraction of sp³-hybridized carbons (Fsp3) is 0.182. The molecule has 1 aromatic carbocycles. The first-order chi connectivity index (χ1) is 9.68. The van der Waals surface area contributed by atoms with E-state index in [9.17, 15) is 16.8 Å². The SMILES string of the molecule is Cn1cnc(S(=O)(=O)NCc2ccc(S(N)(=O)=O)cc2)c1. The molecule has 0 aliphatic heterocycles. The van der Waals surface area contributed by atoms with Crippen LogP contribution in [0.2, 0.25) is 0 Å². The van der Waals surface area contributed by atoms with E-state index < -0.39 is 20.0 Å². The van der Waals surface area contributed by atoms with Gasteiger partial charge in [0.25, 0.3) is 10.0 Å². The average Bonchev–Trinajstić information content (AvgIpc) is 2.83. The number of benzene rings is 1. The summed E-state index contributed by atoms with van der Waals surface area (Å²) in [6, 6.07) is 5.61. The molecule has 10 heteroatoms. The van der Waals surface area contributed by atoms with Gasteiger partial charge >= 0.3 is 0 Å². The highest BCUT2D eigenvalue weighted by molar-refractivity contribution is 7.89. The van der Waals surface area contributed by atoms with Gasteiger partial charge in [0.05, 0.1) is 11.2 Å². The van der Waals surface area contributed by atoms with Gasteiger partial charge in [-0.1, -0.05) is 12.1 Å². The zero-order chi connectivity index (χ0) is 15.7. The lowest BCUT2D eigenvalue weighted by Crippen LogP contribution is -2.23. The van der Waals surface area contributed by atoms with E-state index in [4.69, 9.17) is 5.14 Å². The largest absolute Gasteiger partial charge is 0.339 e. The number of nitrogens with two attached hydrogens (primary N) is 1. The Balaban J connectivity index is 2.10. The molecule has 0 aliphatic carbocycles. The topological polar surface area (TPSA) is 124 Å². The van der Waals surface area contributed by atoms with Gasteiger partial charge < -0.3 is 4.57 Å². The lowest BCUT2D eigenvalue weighted by atomic mass is 10.2. The van der Waals surface area contributed by atoms with Crippen molar-refractivity contribution in [3.8, 4) is 0 Å². The number of sulfonamides is 2. The van der Waals surface area contributed by atoms with Gasteiger partial charge in [0.2, 0.25) is 10.0 Å². The van der Waals surface area contributed by atoms with Crippen molar-refractivity contribution in [2.75, 3.05) is 0 Å². The molecular weight excluding hydrogens is 316 g/mol. The Bertz CT molecular complexity index is 839. The van der Waals surface area contributed by atoms with Crippen molar-refractivity contribution in [2.45, 2.75) is 16.5 Å². The number of aryl methyl sites for hydroxylation is 1. The maximum atomic E-state index is 11.9. The summed E-state index contributed by atoms with van der Waals surface area (Å²) >= 11 is 0. The summed E-state index contributed by atoms with van der Waals surface area (Å²) in [7, 11) is -5.79. The minimum absolute atomic E-state index is 0.0177. The van der Waals surface area contributed by atoms with Gasteiger partial charge in [0.15, 0.2) is 5.03 Å². The Hall–Kier alpha value is -1.75. The van der Waals surface area contributed by atoms with Crippen LogP contribution in [0.1, 0.15) is 5.56 Å². The number of nitrogens with zero attached hydrogens (tertiary/aromatic N) is 2. The Kier molecular flexibility index (Phi) is 4.14. The van der Waals surface area contributed by atoms with E-state index in [0.29, 0.717) is 5.56 Å². The third-order valence-corrected chi connectivity index (χ3v) is 4.89. The fourth-order valence-corrected chi connectivity index (χ4v) is 3.09. The summed E-state index contributed by atoms with van der Waals surface area (Å²) < 4.78 is 50.0. The van der Waals surface area contributed by atoms with Crippen molar-refractivity contribution in [1.29, 1.82) is 0 Å². The first kappa shape index (κ1) is 15.6. The molecule has 2 rings (SSSR count). The van der Waals surface area contributed by atoms with Crippen molar-refractivity contribution in [1.82, 2.24) is 14.3 Å². The monoisotopic (exact) mass is 330 g/mol. The van der Waals surface area contributed by atoms with Gasteiger partial charge in [-0.3, -0.25) is 0 Å². The highest BCUT2D eigenvalue weighted by Crippen LogP contribution is 2.10. The second-order valence-electron chi connectivity index (χ2n) is 4.39. The van der Waals surface area contributed by atoms with Crippen LogP contribution in [-0.4, -0.2) is 26.4 Å². The van der Waals surface area contributed by atoms with Crippen molar-refractivity contribution < 1.29 is 16.8 Å². The van der Waals surface area contributed by atoms with Crippen LogP contribution in [0, 0.1) is 0 Å². The van der Waals surface area contributed by atoms with Crippen LogP contribution in [0.5, 0.6) is 0 Å². The number of hydrogen-bond donors (Lipinski definition) is 2. The molecule has 0 spiro atoms. The molecule has 0 saturated carbocycles. The van der Waals surface area contributed by atoms with Crippen molar-refractivity contribution in [2.24, 2.45) is 12.2 Å². The summed E-state index contributed by atoms with van der Waals surface area (Å²) in [6.07, 6.45) is 2.77. The second kappa shape index (κ2) is 5.56. The highest BCUT2D eigenvalue weighted by Gasteiger charge is 2.16. The third-order valence-electron chi connectivity index (χ3n) is 2.67. The van der Waals surface area contributed by atoms with E-state index in [1.54, 1.807) is 7.05 Å². The van der Waals surface area contributed by atoms with Crippen LogP contribution in [0.15, 0.2) is 46.7 Å². The van der Waals surface area contributed by atoms with Crippen LogP contribution in [0.25, 0.3) is 0 Å². The molecule has 0 radical (unpaired) electrons. The lowest BCUT2D eigenvalue weighted by Gasteiger charge is -2.05. The molecule has 0 saturated heterocycles.